The number of rotatable bonds is 10. The van der Waals surface area contributed by atoms with Crippen LogP contribution in [0, 0.1) is 40.9 Å². The fourth-order valence-corrected chi connectivity index (χ4v) is 6.96. The van der Waals surface area contributed by atoms with Crippen molar-refractivity contribution in [1.29, 1.82) is 0 Å². The van der Waals surface area contributed by atoms with E-state index in [0.29, 0.717) is 12.0 Å². The minimum Gasteiger partial charge on any atom is -0.396 e. The van der Waals surface area contributed by atoms with E-state index in [1.54, 1.807) is 0 Å². The molecule has 0 aromatic rings. The molecule has 0 amide bonds. The van der Waals surface area contributed by atoms with E-state index in [1.807, 2.05) is 0 Å². The first-order chi connectivity index (χ1) is 12.0. The Bertz CT molecular complexity index is 388. The summed E-state index contributed by atoms with van der Waals surface area (Å²) in [4.78, 5) is 0. The molecule has 0 aliphatic heterocycles. The smallest absolute Gasteiger partial charge is 0.0468 e. The molecule has 0 aromatic heterocycles. The minimum absolute atomic E-state index is 0.340. The number of fused-ring (bicyclic) bond motifs is 1. The van der Waals surface area contributed by atoms with Crippen LogP contribution in [0.4, 0.5) is 0 Å². The van der Waals surface area contributed by atoms with Gasteiger partial charge in [0.15, 0.2) is 0 Å². The number of hydrogen-bond donors (Lipinski definition) is 1. The van der Waals surface area contributed by atoms with E-state index in [9.17, 15) is 5.11 Å². The second-order valence-electron chi connectivity index (χ2n) is 9.12. The van der Waals surface area contributed by atoms with Crippen molar-refractivity contribution >= 4 is 15.9 Å². The molecular formula is C22H41BrO2. The summed E-state index contributed by atoms with van der Waals surface area (Å²) >= 11 is 3.75. The molecule has 2 rings (SSSR count). The number of halogens is 1. The molecule has 2 aliphatic rings. The van der Waals surface area contributed by atoms with Crippen molar-refractivity contribution in [1.82, 2.24) is 0 Å². The molecule has 1 N–H and O–H groups in total. The first-order valence-electron chi connectivity index (χ1n) is 10.7. The SMILES string of the molecule is CCOCC[C@@H]1[C@@H]([C@H](C)CCCO)CC[C@]2(C)[C@@H](C(C)CBr)CC[C@@H]12. The summed E-state index contributed by atoms with van der Waals surface area (Å²) in [5, 5.41) is 10.4. The van der Waals surface area contributed by atoms with Crippen molar-refractivity contribution in [3.05, 3.63) is 0 Å². The van der Waals surface area contributed by atoms with Crippen molar-refractivity contribution in [3.8, 4) is 0 Å². The summed E-state index contributed by atoms with van der Waals surface area (Å²) in [6.45, 7) is 11.7. The van der Waals surface area contributed by atoms with Crippen molar-refractivity contribution in [3.63, 3.8) is 0 Å². The maximum atomic E-state index is 9.24. The van der Waals surface area contributed by atoms with Gasteiger partial charge in [-0.1, -0.05) is 36.7 Å². The Labute approximate surface area is 164 Å². The fraction of sp³-hybridized carbons (Fsp3) is 1.00. The number of hydrogen-bond acceptors (Lipinski definition) is 2. The molecule has 0 radical (unpaired) electrons. The van der Waals surface area contributed by atoms with Crippen LogP contribution in [0.3, 0.4) is 0 Å². The minimum atomic E-state index is 0.340. The van der Waals surface area contributed by atoms with Crippen LogP contribution < -0.4 is 0 Å². The third-order valence-corrected chi connectivity index (χ3v) is 8.87. The van der Waals surface area contributed by atoms with Gasteiger partial charge in [0.25, 0.3) is 0 Å². The van der Waals surface area contributed by atoms with Gasteiger partial charge in [-0.2, -0.15) is 0 Å². The highest BCUT2D eigenvalue weighted by molar-refractivity contribution is 9.09. The van der Waals surface area contributed by atoms with Crippen LogP contribution in [-0.2, 0) is 4.74 Å². The average molecular weight is 417 g/mol. The van der Waals surface area contributed by atoms with E-state index in [-0.39, 0.29) is 0 Å². The normalized spacial score (nSPS) is 37.7. The van der Waals surface area contributed by atoms with Gasteiger partial charge in [0.1, 0.15) is 0 Å². The molecule has 25 heavy (non-hydrogen) atoms. The highest BCUT2D eigenvalue weighted by Gasteiger charge is 2.54. The topological polar surface area (TPSA) is 29.5 Å². The van der Waals surface area contributed by atoms with Gasteiger partial charge in [0.2, 0.25) is 0 Å². The molecule has 1 unspecified atom stereocenters. The van der Waals surface area contributed by atoms with Crippen LogP contribution >= 0.6 is 15.9 Å². The van der Waals surface area contributed by atoms with Gasteiger partial charge in [-0.15, -0.1) is 0 Å². The largest absolute Gasteiger partial charge is 0.396 e. The second kappa shape index (κ2) is 10.1. The molecule has 2 fully saturated rings. The lowest BCUT2D eigenvalue weighted by atomic mass is 9.54. The molecule has 0 saturated heterocycles. The van der Waals surface area contributed by atoms with Gasteiger partial charge in [0.05, 0.1) is 0 Å². The fourth-order valence-electron chi connectivity index (χ4n) is 6.51. The van der Waals surface area contributed by atoms with E-state index < -0.39 is 0 Å². The average Bonchev–Trinajstić information content (AvgIpc) is 2.96. The van der Waals surface area contributed by atoms with E-state index in [2.05, 4.69) is 43.6 Å². The summed E-state index contributed by atoms with van der Waals surface area (Å²) in [6, 6.07) is 0. The van der Waals surface area contributed by atoms with Crippen molar-refractivity contribution in [2.24, 2.45) is 40.9 Å². The molecule has 2 nitrogen and oxygen atoms in total. The van der Waals surface area contributed by atoms with Crippen molar-refractivity contribution in [2.75, 3.05) is 25.2 Å². The van der Waals surface area contributed by atoms with E-state index in [0.717, 1.165) is 60.5 Å². The maximum absolute atomic E-state index is 9.24. The lowest BCUT2D eigenvalue weighted by molar-refractivity contribution is -0.0324. The van der Waals surface area contributed by atoms with Gasteiger partial charge < -0.3 is 9.84 Å². The number of ether oxygens (including phenoxy) is 1. The molecule has 148 valence electrons. The Balaban J connectivity index is 2.15. The van der Waals surface area contributed by atoms with Gasteiger partial charge in [-0.3, -0.25) is 0 Å². The third-order valence-electron chi connectivity index (χ3n) is 7.84. The van der Waals surface area contributed by atoms with Crippen molar-refractivity contribution < 1.29 is 9.84 Å². The zero-order valence-corrected chi connectivity index (χ0v) is 18.6. The molecule has 0 spiro atoms. The molecular weight excluding hydrogens is 376 g/mol. The Kier molecular flexibility index (Phi) is 8.75. The Hall–Kier alpha value is 0.400. The Morgan fingerprint density at radius 1 is 1.20 bits per heavy atom. The predicted molar refractivity (Wildman–Crippen MR) is 110 cm³/mol. The molecule has 0 aromatic carbocycles. The lowest BCUT2D eigenvalue weighted by Crippen LogP contribution is -2.45. The van der Waals surface area contributed by atoms with E-state index in [4.69, 9.17) is 4.74 Å². The number of aliphatic hydroxyl groups is 1. The van der Waals surface area contributed by atoms with Gasteiger partial charge in [-0.05, 0) is 92.8 Å². The summed E-state index contributed by atoms with van der Waals surface area (Å²) in [6.07, 6.45) is 8.98. The first-order valence-corrected chi connectivity index (χ1v) is 11.9. The van der Waals surface area contributed by atoms with Crippen LogP contribution in [0.15, 0.2) is 0 Å². The van der Waals surface area contributed by atoms with Gasteiger partial charge in [-0.25, -0.2) is 0 Å². The first kappa shape index (κ1) is 21.7. The Morgan fingerprint density at radius 3 is 2.60 bits per heavy atom. The molecule has 2 saturated carbocycles. The van der Waals surface area contributed by atoms with Crippen LogP contribution in [0.2, 0.25) is 0 Å². The molecule has 3 heteroatoms. The lowest BCUT2D eigenvalue weighted by Gasteiger charge is -2.51. The van der Waals surface area contributed by atoms with Gasteiger partial charge in [0, 0.05) is 25.2 Å². The monoisotopic (exact) mass is 416 g/mol. The zero-order chi connectivity index (χ0) is 18.4. The molecule has 0 heterocycles. The zero-order valence-electron chi connectivity index (χ0n) is 17.0. The summed E-state index contributed by atoms with van der Waals surface area (Å²) in [5.74, 6) is 4.89. The number of alkyl halides is 1. The van der Waals surface area contributed by atoms with Crippen LogP contribution in [-0.4, -0.2) is 30.3 Å². The molecule has 2 aliphatic carbocycles. The number of aliphatic hydroxyl groups excluding tert-OH is 1. The summed E-state index contributed by atoms with van der Waals surface area (Å²) < 4.78 is 5.77. The molecule has 7 atom stereocenters. The summed E-state index contributed by atoms with van der Waals surface area (Å²) in [7, 11) is 0. The van der Waals surface area contributed by atoms with Crippen LogP contribution in [0.25, 0.3) is 0 Å². The highest BCUT2D eigenvalue weighted by Crippen LogP contribution is 2.62. The predicted octanol–water partition coefficient (Wildman–Crippen LogP) is 5.91. The van der Waals surface area contributed by atoms with E-state index >= 15 is 0 Å². The second-order valence-corrected chi connectivity index (χ2v) is 9.77. The Morgan fingerprint density at radius 2 is 1.96 bits per heavy atom. The van der Waals surface area contributed by atoms with Crippen LogP contribution in [0.1, 0.15) is 72.6 Å². The van der Waals surface area contributed by atoms with E-state index in [1.165, 1.54) is 38.5 Å². The standard InChI is InChI=1S/C22H41BrO2/c1-5-25-14-11-19-18(16(2)7-6-13-24)10-12-22(4)20(17(3)15-23)8-9-21(19)22/h16-21,24H,5-15H2,1-4H3/t16-,17?,18-,19-,20-,21+,22-/m1/s1. The quantitative estimate of drug-likeness (QED) is 0.354. The molecule has 0 bridgehead atoms. The van der Waals surface area contributed by atoms with Gasteiger partial charge >= 0.3 is 0 Å². The third kappa shape index (κ3) is 4.82. The van der Waals surface area contributed by atoms with Crippen LogP contribution in [0.5, 0.6) is 0 Å². The summed E-state index contributed by atoms with van der Waals surface area (Å²) in [5.41, 5.74) is 0.525. The maximum Gasteiger partial charge on any atom is 0.0468 e. The highest BCUT2D eigenvalue weighted by atomic mass is 79.9. The van der Waals surface area contributed by atoms with Crippen molar-refractivity contribution in [2.45, 2.75) is 72.6 Å².